The second-order valence-electron chi connectivity index (χ2n) is 7.53. The molecule has 1 aliphatic heterocycles. The van der Waals surface area contributed by atoms with E-state index in [2.05, 4.69) is 20.7 Å². The monoisotopic (exact) mass is 456 g/mol. The molecular weight excluding hydrogens is 437 g/mol. The minimum atomic E-state index is -1.20. The number of aromatic nitrogens is 3. The van der Waals surface area contributed by atoms with Crippen molar-refractivity contribution in [2.24, 2.45) is 0 Å². The summed E-state index contributed by atoms with van der Waals surface area (Å²) in [4.78, 5) is 27.0. The number of nitrogens with zero attached hydrogens (tertiary/aromatic N) is 3. The van der Waals surface area contributed by atoms with Crippen LogP contribution in [-0.2, 0) is 9.59 Å². The number of aliphatic carboxylic acids is 1. The quantitative estimate of drug-likeness (QED) is 0.565. The second-order valence-corrected chi connectivity index (χ2v) is 7.97. The largest absolute Gasteiger partial charge is 0.550 e. The maximum Gasteiger partial charge on any atom is 0.250 e. The Morgan fingerprint density at radius 2 is 1.81 bits per heavy atom. The van der Waals surface area contributed by atoms with E-state index >= 15 is 0 Å². The third kappa shape index (κ3) is 5.05. The third-order valence-electron chi connectivity index (χ3n) is 5.25. The van der Waals surface area contributed by atoms with Gasteiger partial charge in [-0.3, -0.25) is 10.1 Å². The van der Waals surface area contributed by atoms with Crippen molar-refractivity contribution in [1.82, 2.24) is 14.8 Å². The Labute approximate surface area is 188 Å². The van der Waals surface area contributed by atoms with Crippen molar-refractivity contribution in [2.75, 3.05) is 10.6 Å². The van der Waals surface area contributed by atoms with Crippen LogP contribution in [0.4, 0.5) is 16.3 Å². The zero-order valence-corrected chi connectivity index (χ0v) is 17.7. The van der Waals surface area contributed by atoms with Crippen LogP contribution in [0.15, 0.2) is 48.5 Å². The molecule has 0 saturated heterocycles. The molecule has 32 heavy (non-hydrogen) atoms. The van der Waals surface area contributed by atoms with E-state index < -0.39 is 5.97 Å². The van der Waals surface area contributed by atoms with Crippen molar-refractivity contribution in [1.29, 1.82) is 0 Å². The van der Waals surface area contributed by atoms with Gasteiger partial charge in [0.1, 0.15) is 5.82 Å². The Bertz CT molecular complexity index is 1120. The first-order chi connectivity index (χ1) is 15.4. The Morgan fingerprint density at radius 3 is 2.50 bits per heavy atom. The zero-order valence-electron chi connectivity index (χ0n) is 16.9. The summed E-state index contributed by atoms with van der Waals surface area (Å²) in [6, 6.07) is 13.3. The molecule has 1 amide bonds. The van der Waals surface area contributed by atoms with Crippen LogP contribution in [0.1, 0.15) is 48.9 Å². The van der Waals surface area contributed by atoms with E-state index in [9.17, 15) is 19.1 Å². The lowest BCUT2D eigenvalue weighted by atomic mass is 9.93. The van der Waals surface area contributed by atoms with Crippen LogP contribution in [0.2, 0.25) is 5.02 Å². The van der Waals surface area contributed by atoms with Gasteiger partial charge in [-0.1, -0.05) is 35.9 Å². The average Bonchev–Trinajstić information content (AvgIpc) is 3.16. The molecule has 1 aliphatic rings. The van der Waals surface area contributed by atoms with Crippen molar-refractivity contribution >= 4 is 35.4 Å². The number of hydrogen-bond donors (Lipinski definition) is 2. The zero-order chi connectivity index (χ0) is 22.7. The Hall–Kier alpha value is -3.46. The Balaban J connectivity index is 1.59. The number of benzene rings is 2. The van der Waals surface area contributed by atoms with E-state index in [1.807, 2.05) is 24.3 Å². The van der Waals surface area contributed by atoms with Crippen LogP contribution in [0, 0.1) is 5.82 Å². The van der Waals surface area contributed by atoms with Gasteiger partial charge < -0.3 is 15.2 Å². The van der Waals surface area contributed by atoms with E-state index in [1.54, 1.807) is 16.8 Å². The number of amides is 1. The number of anilines is 2. The van der Waals surface area contributed by atoms with Gasteiger partial charge >= 0.3 is 0 Å². The minimum Gasteiger partial charge on any atom is -0.550 e. The average molecular weight is 457 g/mol. The SMILES string of the molecule is O=C([O-])CCCC(=O)Nc1nc2n(n1)[C@H](c1ccc(F)cc1)C[C@@H](c1ccc(Cl)cc1)N2. The topological polar surface area (TPSA) is 112 Å². The van der Waals surface area contributed by atoms with Crippen molar-refractivity contribution in [2.45, 2.75) is 37.8 Å². The van der Waals surface area contributed by atoms with E-state index in [0.717, 1.165) is 11.1 Å². The van der Waals surface area contributed by atoms with Crippen LogP contribution in [0.5, 0.6) is 0 Å². The third-order valence-corrected chi connectivity index (χ3v) is 5.50. The maximum absolute atomic E-state index is 13.5. The van der Waals surface area contributed by atoms with E-state index in [4.69, 9.17) is 11.6 Å². The van der Waals surface area contributed by atoms with Gasteiger partial charge in [0.25, 0.3) is 5.95 Å². The first kappa shape index (κ1) is 21.8. The number of hydrogen-bond acceptors (Lipinski definition) is 6. The summed E-state index contributed by atoms with van der Waals surface area (Å²) in [5.74, 6) is -1.36. The molecule has 2 N–H and O–H groups in total. The second kappa shape index (κ2) is 9.35. The molecule has 3 aromatic rings. The van der Waals surface area contributed by atoms with Crippen molar-refractivity contribution in [3.63, 3.8) is 0 Å². The predicted molar refractivity (Wildman–Crippen MR) is 114 cm³/mol. The fraction of sp³-hybridized carbons (Fsp3) is 0.273. The molecule has 2 atom stereocenters. The highest BCUT2D eigenvalue weighted by Gasteiger charge is 2.31. The Kier molecular flexibility index (Phi) is 6.36. The number of carbonyl (C=O) groups excluding carboxylic acids is 2. The molecule has 0 radical (unpaired) electrons. The van der Waals surface area contributed by atoms with Crippen molar-refractivity contribution in [3.05, 3.63) is 70.5 Å². The molecule has 0 unspecified atom stereocenters. The number of carboxylic acids is 1. The summed E-state index contributed by atoms with van der Waals surface area (Å²) >= 11 is 6.02. The van der Waals surface area contributed by atoms with Gasteiger partial charge in [-0.15, -0.1) is 5.10 Å². The lowest BCUT2D eigenvalue weighted by Crippen LogP contribution is -2.28. The molecule has 0 spiro atoms. The lowest BCUT2D eigenvalue weighted by Gasteiger charge is -2.31. The number of nitrogens with one attached hydrogen (secondary N) is 2. The molecule has 166 valence electrons. The molecule has 8 nitrogen and oxygen atoms in total. The Morgan fingerprint density at radius 1 is 1.12 bits per heavy atom. The van der Waals surface area contributed by atoms with E-state index in [0.29, 0.717) is 17.4 Å². The molecule has 0 aliphatic carbocycles. The number of halogens is 2. The summed E-state index contributed by atoms with van der Waals surface area (Å²) < 4.78 is 15.1. The predicted octanol–water partition coefficient (Wildman–Crippen LogP) is 3.08. The van der Waals surface area contributed by atoms with Crippen LogP contribution < -0.4 is 15.7 Å². The van der Waals surface area contributed by atoms with Crippen molar-refractivity contribution in [3.8, 4) is 0 Å². The number of fused-ring (bicyclic) bond motifs is 1. The first-order valence-corrected chi connectivity index (χ1v) is 10.5. The highest BCUT2D eigenvalue weighted by atomic mass is 35.5. The van der Waals surface area contributed by atoms with Gasteiger partial charge in [-0.2, -0.15) is 4.98 Å². The van der Waals surface area contributed by atoms with Gasteiger partial charge in [0, 0.05) is 17.4 Å². The molecule has 4 rings (SSSR count). The van der Waals surface area contributed by atoms with E-state index in [1.165, 1.54) is 12.1 Å². The highest BCUT2D eigenvalue weighted by molar-refractivity contribution is 6.30. The maximum atomic E-state index is 13.5. The summed E-state index contributed by atoms with van der Waals surface area (Å²) in [5, 5.41) is 21.5. The van der Waals surface area contributed by atoms with Crippen LogP contribution in [0.3, 0.4) is 0 Å². The smallest absolute Gasteiger partial charge is 0.250 e. The summed E-state index contributed by atoms with van der Waals surface area (Å²) in [6.45, 7) is 0. The van der Waals surface area contributed by atoms with Gasteiger partial charge in [-0.05, 0) is 54.7 Å². The highest BCUT2D eigenvalue weighted by Crippen LogP contribution is 2.38. The number of carbonyl (C=O) groups is 2. The normalized spacial score (nSPS) is 17.3. The molecule has 1 aromatic heterocycles. The molecule has 0 fully saturated rings. The van der Waals surface area contributed by atoms with Crippen LogP contribution >= 0.6 is 11.6 Å². The fourth-order valence-electron chi connectivity index (χ4n) is 3.69. The number of carboxylic acid groups (broad SMARTS) is 1. The molecular formula is C22H20ClFN5O3-. The van der Waals surface area contributed by atoms with Gasteiger partial charge in [0.05, 0.1) is 12.1 Å². The molecule has 2 aromatic carbocycles. The lowest BCUT2D eigenvalue weighted by molar-refractivity contribution is -0.305. The van der Waals surface area contributed by atoms with E-state index in [-0.39, 0.29) is 49.0 Å². The van der Waals surface area contributed by atoms with Gasteiger partial charge in [0.15, 0.2) is 0 Å². The summed E-state index contributed by atoms with van der Waals surface area (Å²) in [5.41, 5.74) is 1.86. The minimum absolute atomic E-state index is 0.0140. The van der Waals surface area contributed by atoms with Gasteiger partial charge in [-0.25, -0.2) is 9.07 Å². The molecule has 0 bridgehead atoms. The number of rotatable bonds is 7. The standard InChI is InChI=1S/C22H21ClFN5O3/c23-15-8-4-13(5-9-15)17-12-18(14-6-10-16(24)11-7-14)29-22(25-17)27-21(28-29)26-19(30)2-1-3-20(31)32/h4-11,17-18H,1-3,12H2,(H,31,32)(H2,25,26,27,28,30)/p-1/t17-,18-/m0/s1. The molecule has 0 saturated carbocycles. The molecule has 2 heterocycles. The fourth-order valence-corrected chi connectivity index (χ4v) is 3.81. The van der Waals surface area contributed by atoms with Crippen LogP contribution in [0.25, 0.3) is 0 Å². The summed E-state index contributed by atoms with van der Waals surface area (Å²) in [6.07, 6.45) is 0.594. The summed E-state index contributed by atoms with van der Waals surface area (Å²) in [7, 11) is 0. The van der Waals surface area contributed by atoms with Crippen molar-refractivity contribution < 1.29 is 19.1 Å². The van der Waals surface area contributed by atoms with Gasteiger partial charge in [0.2, 0.25) is 11.9 Å². The molecule has 10 heteroatoms. The first-order valence-electron chi connectivity index (χ1n) is 10.1. The van der Waals surface area contributed by atoms with Crippen LogP contribution in [-0.4, -0.2) is 26.6 Å².